The number of nitrogens with one attached hydrogen (secondary N) is 1. The Morgan fingerprint density at radius 2 is 1.88 bits per heavy atom. The van der Waals surface area contributed by atoms with Crippen LogP contribution in [-0.2, 0) is 34.2 Å². The summed E-state index contributed by atoms with van der Waals surface area (Å²) in [4.78, 5) is 12.6. The predicted molar refractivity (Wildman–Crippen MR) is 124 cm³/mol. The molecule has 32 heavy (non-hydrogen) atoms. The Morgan fingerprint density at radius 3 is 2.59 bits per heavy atom. The molecule has 9 heteroatoms. The highest BCUT2D eigenvalue weighted by atomic mass is 32.2. The molecule has 2 aromatic carbocycles. The molecule has 1 aliphatic heterocycles. The van der Waals surface area contributed by atoms with E-state index in [1.165, 1.54) is 15.6 Å². The van der Waals surface area contributed by atoms with E-state index in [1.54, 1.807) is 43.9 Å². The molecule has 7 nitrogen and oxygen atoms in total. The minimum absolute atomic E-state index is 0.170. The van der Waals surface area contributed by atoms with Gasteiger partial charge in [0.25, 0.3) is 10.0 Å². The van der Waals surface area contributed by atoms with E-state index in [4.69, 9.17) is 9.47 Å². The normalized spacial score (nSPS) is 13.9. The number of carbonyl (C=O) groups is 1. The third kappa shape index (κ3) is 4.64. The van der Waals surface area contributed by atoms with E-state index in [1.807, 2.05) is 24.3 Å². The molecule has 0 radical (unpaired) electrons. The van der Waals surface area contributed by atoms with Gasteiger partial charge in [0.15, 0.2) is 11.5 Å². The van der Waals surface area contributed by atoms with Crippen molar-refractivity contribution in [3.63, 3.8) is 0 Å². The molecule has 168 valence electrons. The Bertz CT molecular complexity index is 1220. The summed E-state index contributed by atoms with van der Waals surface area (Å²) < 4.78 is 38.1. The molecule has 0 spiro atoms. The first-order valence-electron chi connectivity index (χ1n) is 10.1. The van der Waals surface area contributed by atoms with Gasteiger partial charge in [0.05, 0.1) is 20.6 Å². The van der Waals surface area contributed by atoms with Crippen molar-refractivity contribution in [3.8, 4) is 11.5 Å². The van der Waals surface area contributed by atoms with Crippen LogP contribution in [0.5, 0.6) is 11.5 Å². The van der Waals surface area contributed by atoms with E-state index in [2.05, 4.69) is 5.32 Å². The van der Waals surface area contributed by atoms with Crippen molar-refractivity contribution in [1.82, 2.24) is 4.31 Å². The average molecular weight is 473 g/mol. The number of amides is 1. The summed E-state index contributed by atoms with van der Waals surface area (Å²) in [5.74, 6) is 1.00. The number of thiophene rings is 1. The van der Waals surface area contributed by atoms with E-state index in [9.17, 15) is 13.2 Å². The number of anilines is 1. The van der Waals surface area contributed by atoms with E-state index < -0.39 is 10.0 Å². The second-order valence-electron chi connectivity index (χ2n) is 7.42. The van der Waals surface area contributed by atoms with Crippen molar-refractivity contribution >= 4 is 33.0 Å². The summed E-state index contributed by atoms with van der Waals surface area (Å²) in [6.07, 6.45) is 0.816. The summed E-state index contributed by atoms with van der Waals surface area (Å²) in [6.45, 7) is 0.729. The van der Waals surface area contributed by atoms with Crippen LogP contribution in [0, 0.1) is 0 Å². The Morgan fingerprint density at radius 1 is 1.06 bits per heavy atom. The molecule has 0 saturated carbocycles. The average Bonchev–Trinajstić information content (AvgIpc) is 3.34. The first-order valence-corrected chi connectivity index (χ1v) is 12.4. The molecule has 0 saturated heterocycles. The molecule has 1 aromatic heterocycles. The first kappa shape index (κ1) is 22.3. The zero-order valence-corrected chi connectivity index (χ0v) is 19.5. The van der Waals surface area contributed by atoms with Crippen LogP contribution in [0.15, 0.2) is 58.1 Å². The number of hydrogen-bond acceptors (Lipinski definition) is 6. The maximum Gasteiger partial charge on any atom is 0.252 e. The molecular weight excluding hydrogens is 448 g/mol. The molecule has 2 heterocycles. The monoisotopic (exact) mass is 472 g/mol. The molecule has 0 unspecified atom stereocenters. The highest BCUT2D eigenvalue weighted by molar-refractivity contribution is 7.91. The van der Waals surface area contributed by atoms with Crippen molar-refractivity contribution in [2.24, 2.45) is 0 Å². The molecule has 0 aliphatic carbocycles. The molecule has 1 amide bonds. The lowest BCUT2D eigenvalue weighted by Crippen LogP contribution is -2.35. The minimum atomic E-state index is -3.51. The largest absolute Gasteiger partial charge is 0.493 e. The minimum Gasteiger partial charge on any atom is -0.493 e. The quantitative estimate of drug-likeness (QED) is 0.567. The van der Waals surface area contributed by atoms with Gasteiger partial charge >= 0.3 is 0 Å². The smallest absolute Gasteiger partial charge is 0.252 e. The fourth-order valence-corrected chi connectivity index (χ4v) is 6.30. The Hall–Kier alpha value is -2.88. The molecular formula is C23H24N2O5S2. The zero-order chi connectivity index (χ0) is 22.7. The van der Waals surface area contributed by atoms with Crippen molar-refractivity contribution in [1.29, 1.82) is 0 Å². The van der Waals surface area contributed by atoms with Crippen LogP contribution in [0.2, 0.25) is 0 Å². The highest BCUT2D eigenvalue weighted by Crippen LogP contribution is 2.30. The van der Waals surface area contributed by atoms with Crippen molar-refractivity contribution < 1.29 is 22.7 Å². The SMILES string of the molecule is COc1ccc(CC(=O)Nc2ccc3c(c2)CN(S(=O)(=O)c2cccs2)CC3)cc1OC. The van der Waals surface area contributed by atoms with Gasteiger partial charge in [-0.15, -0.1) is 11.3 Å². The summed E-state index contributed by atoms with van der Waals surface area (Å²) >= 11 is 1.22. The lowest BCUT2D eigenvalue weighted by Gasteiger charge is -2.28. The van der Waals surface area contributed by atoms with Crippen LogP contribution in [-0.4, -0.2) is 39.4 Å². The maximum atomic E-state index is 12.9. The number of fused-ring (bicyclic) bond motifs is 1. The lowest BCUT2D eigenvalue weighted by molar-refractivity contribution is -0.115. The number of nitrogens with zero attached hydrogens (tertiary/aromatic N) is 1. The van der Waals surface area contributed by atoms with Crippen molar-refractivity contribution in [2.45, 2.75) is 23.6 Å². The van der Waals surface area contributed by atoms with E-state index >= 15 is 0 Å². The number of carbonyl (C=O) groups excluding carboxylic acids is 1. The fraction of sp³-hybridized carbons (Fsp3) is 0.261. The van der Waals surface area contributed by atoms with Gasteiger partial charge in [-0.2, -0.15) is 4.31 Å². The van der Waals surface area contributed by atoms with Crippen molar-refractivity contribution in [3.05, 3.63) is 70.6 Å². The number of sulfonamides is 1. The summed E-state index contributed by atoms with van der Waals surface area (Å²) in [6, 6.07) is 14.4. The van der Waals surface area contributed by atoms with Gasteiger partial charge in [-0.25, -0.2) is 8.42 Å². The van der Waals surface area contributed by atoms with Gasteiger partial charge in [-0.1, -0.05) is 18.2 Å². The van der Waals surface area contributed by atoms with Gasteiger partial charge in [0.2, 0.25) is 5.91 Å². The van der Waals surface area contributed by atoms with Crippen LogP contribution in [0.4, 0.5) is 5.69 Å². The third-order valence-corrected chi connectivity index (χ3v) is 8.59. The predicted octanol–water partition coefficient (Wildman–Crippen LogP) is 3.69. The molecule has 0 atom stereocenters. The molecule has 4 rings (SSSR count). The van der Waals surface area contributed by atoms with Crippen LogP contribution < -0.4 is 14.8 Å². The number of ether oxygens (including phenoxy) is 2. The van der Waals surface area contributed by atoms with Gasteiger partial charge in [0, 0.05) is 18.8 Å². The van der Waals surface area contributed by atoms with Gasteiger partial charge in [0.1, 0.15) is 4.21 Å². The van der Waals surface area contributed by atoms with Crippen LogP contribution in [0.25, 0.3) is 0 Å². The van der Waals surface area contributed by atoms with E-state index in [-0.39, 0.29) is 18.9 Å². The molecule has 3 aromatic rings. The van der Waals surface area contributed by atoms with Crippen LogP contribution in [0.3, 0.4) is 0 Å². The molecule has 1 N–H and O–H groups in total. The maximum absolute atomic E-state index is 12.9. The highest BCUT2D eigenvalue weighted by Gasteiger charge is 2.29. The van der Waals surface area contributed by atoms with E-state index in [0.717, 1.165) is 16.7 Å². The first-order chi connectivity index (χ1) is 15.4. The van der Waals surface area contributed by atoms with Crippen molar-refractivity contribution in [2.75, 3.05) is 26.1 Å². The Balaban J connectivity index is 1.46. The van der Waals surface area contributed by atoms with Gasteiger partial charge in [-0.3, -0.25) is 4.79 Å². The van der Waals surface area contributed by atoms with Crippen LogP contribution >= 0.6 is 11.3 Å². The third-order valence-electron chi connectivity index (χ3n) is 5.37. The Kier molecular flexibility index (Phi) is 6.50. The number of rotatable bonds is 7. The van der Waals surface area contributed by atoms with Gasteiger partial charge < -0.3 is 14.8 Å². The molecule has 0 fully saturated rings. The number of methoxy groups -OCH3 is 2. The lowest BCUT2D eigenvalue weighted by atomic mass is 10.0. The number of hydrogen-bond donors (Lipinski definition) is 1. The second kappa shape index (κ2) is 9.32. The van der Waals surface area contributed by atoms with Gasteiger partial charge in [-0.05, 0) is 58.8 Å². The summed E-state index contributed by atoms with van der Waals surface area (Å²) in [5.41, 5.74) is 3.44. The summed E-state index contributed by atoms with van der Waals surface area (Å²) in [5, 5.41) is 4.67. The zero-order valence-electron chi connectivity index (χ0n) is 17.8. The summed E-state index contributed by atoms with van der Waals surface area (Å²) in [7, 11) is -0.393. The topological polar surface area (TPSA) is 84.9 Å². The standard InChI is InChI=1S/C23H24N2O5S2/c1-29-20-8-5-16(12-21(20)30-2)13-22(26)24-19-7-6-17-9-10-25(15-18(17)14-19)32(27,28)23-4-3-11-31-23/h3-8,11-12,14H,9-10,13,15H2,1-2H3,(H,24,26). The van der Waals surface area contributed by atoms with Crippen LogP contribution in [0.1, 0.15) is 16.7 Å². The molecule has 1 aliphatic rings. The second-order valence-corrected chi connectivity index (χ2v) is 10.5. The Labute approximate surface area is 191 Å². The number of benzene rings is 2. The molecule has 0 bridgehead atoms. The van der Waals surface area contributed by atoms with E-state index in [0.29, 0.717) is 34.4 Å². The fourth-order valence-electron chi connectivity index (χ4n) is 3.73.